The van der Waals surface area contributed by atoms with Crippen LogP contribution in [0.2, 0.25) is 0 Å². The number of allylic oxidation sites excluding steroid dienone is 5. The van der Waals surface area contributed by atoms with Gasteiger partial charge in [0.25, 0.3) is 0 Å². The highest BCUT2D eigenvalue weighted by Crippen LogP contribution is 2.60. The van der Waals surface area contributed by atoms with Gasteiger partial charge in [-0.15, -0.1) is 0 Å². The van der Waals surface area contributed by atoms with Gasteiger partial charge in [0.1, 0.15) is 0 Å². The van der Waals surface area contributed by atoms with Crippen LogP contribution in [0.25, 0.3) is 0 Å². The van der Waals surface area contributed by atoms with Crippen molar-refractivity contribution >= 4 is 7.26 Å². The minimum absolute atomic E-state index is 0.856. The van der Waals surface area contributed by atoms with Crippen molar-refractivity contribution in [1.29, 1.82) is 0 Å². The van der Waals surface area contributed by atoms with Gasteiger partial charge >= 0.3 is 0 Å². The molecular weight excluding hydrogens is 187 g/mol. The van der Waals surface area contributed by atoms with Gasteiger partial charge in [0, 0.05) is 13.7 Å². The lowest BCUT2D eigenvalue weighted by Gasteiger charge is -2.20. The molecule has 1 aliphatic rings. The fraction of sp³-hybridized carbons (Fsp3) is 0.538. The Kier molecular flexibility index (Phi) is 4.62. The van der Waals surface area contributed by atoms with Crippen LogP contribution < -0.4 is 0 Å². The van der Waals surface area contributed by atoms with Crippen LogP contribution in [0.15, 0.2) is 36.2 Å². The maximum absolute atomic E-state index is 3.87. The molecule has 0 aromatic heterocycles. The summed E-state index contributed by atoms with van der Waals surface area (Å²) < 4.78 is 0. The highest BCUT2D eigenvalue weighted by Gasteiger charge is 2.28. The summed E-state index contributed by atoms with van der Waals surface area (Å²) in [6.45, 7) is 8.74. The normalized spacial score (nSPS) is 18.3. The summed E-state index contributed by atoms with van der Waals surface area (Å²) in [7, 11) is -0.856. The van der Waals surface area contributed by atoms with Crippen LogP contribution in [-0.4, -0.2) is 19.5 Å². The van der Waals surface area contributed by atoms with Crippen molar-refractivity contribution in [1.82, 2.24) is 0 Å². The van der Waals surface area contributed by atoms with E-state index in [2.05, 4.69) is 44.2 Å². The number of rotatable bonds is 3. The minimum Gasteiger partial charge on any atom is -0.0995 e. The summed E-state index contributed by atoms with van der Waals surface area (Å²) in [5.74, 6) is 0. The molecule has 14 heavy (non-hydrogen) atoms. The van der Waals surface area contributed by atoms with Gasteiger partial charge in [-0.3, -0.25) is 0 Å². The summed E-state index contributed by atoms with van der Waals surface area (Å²) in [6.07, 6.45) is 15.4. The largest absolute Gasteiger partial charge is 0.0995 e. The Morgan fingerprint density at radius 3 is 2.71 bits per heavy atom. The Hall–Kier alpha value is -0.350. The Morgan fingerprint density at radius 2 is 2.00 bits per heavy atom. The summed E-state index contributed by atoms with van der Waals surface area (Å²) in [5.41, 5.74) is 0. The molecule has 0 nitrogen and oxygen atoms in total. The molecule has 0 unspecified atom stereocenters. The third-order valence-corrected chi connectivity index (χ3v) is 5.94. The Balaban J connectivity index is 2.68. The molecule has 0 saturated heterocycles. The Labute approximate surface area is 89.1 Å². The summed E-state index contributed by atoms with van der Waals surface area (Å²) in [5, 5.41) is 1.72. The first-order chi connectivity index (χ1) is 6.67. The van der Waals surface area contributed by atoms with E-state index >= 15 is 0 Å². The van der Waals surface area contributed by atoms with Crippen molar-refractivity contribution in [2.24, 2.45) is 0 Å². The van der Waals surface area contributed by atoms with Gasteiger partial charge in [0.15, 0.2) is 0 Å². The van der Waals surface area contributed by atoms with E-state index in [-0.39, 0.29) is 0 Å². The molecule has 1 aliphatic carbocycles. The van der Waals surface area contributed by atoms with E-state index in [1.54, 1.807) is 5.31 Å². The maximum Gasteiger partial charge on any atom is 0.0809 e. The zero-order valence-corrected chi connectivity index (χ0v) is 10.4. The lowest BCUT2D eigenvalue weighted by atomic mass is 10.1. The predicted octanol–water partition coefficient (Wildman–Crippen LogP) is 4.46. The minimum atomic E-state index is -0.856. The van der Waals surface area contributed by atoms with E-state index in [0.29, 0.717) is 0 Å². The van der Waals surface area contributed by atoms with Gasteiger partial charge in [0.05, 0.1) is 24.8 Å². The molecule has 1 rings (SSSR count). The zero-order valence-electron chi connectivity index (χ0n) is 9.50. The molecule has 78 valence electrons. The Bertz CT molecular complexity index is 246. The fourth-order valence-electron chi connectivity index (χ4n) is 1.90. The maximum atomic E-state index is 3.87. The van der Waals surface area contributed by atoms with Gasteiger partial charge in [-0.2, -0.15) is 0 Å². The summed E-state index contributed by atoms with van der Waals surface area (Å²) >= 11 is 0. The molecule has 0 spiro atoms. The summed E-state index contributed by atoms with van der Waals surface area (Å²) in [4.78, 5) is 0. The molecule has 0 atom stereocenters. The van der Waals surface area contributed by atoms with Crippen LogP contribution in [0.1, 0.15) is 25.7 Å². The lowest BCUT2D eigenvalue weighted by molar-refractivity contribution is 0.946. The highest BCUT2D eigenvalue weighted by molar-refractivity contribution is 7.78. The van der Waals surface area contributed by atoms with Gasteiger partial charge in [-0.05, 0) is 25.3 Å². The van der Waals surface area contributed by atoms with Crippen LogP contribution in [0.3, 0.4) is 0 Å². The molecular formula is C13H22P+. The lowest BCUT2D eigenvalue weighted by Crippen LogP contribution is -1.98. The van der Waals surface area contributed by atoms with Crippen molar-refractivity contribution in [3.8, 4) is 0 Å². The molecule has 0 aliphatic heterocycles. The molecule has 0 amide bonds. The molecule has 0 heterocycles. The third-order valence-electron chi connectivity index (χ3n) is 2.81. The first-order valence-corrected chi connectivity index (χ1v) is 8.32. The molecule has 0 saturated carbocycles. The standard InChI is InChI=1S/C13H22P/c1-4-12-14(2,3)13-10-8-6-5-7-9-11-13/h4-6,11H,1,7-10,12H2,2-3H3/q+1. The van der Waals surface area contributed by atoms with E-state index in [9.17, 15) is 0 Å². The second-order valence-electron chi connectivity index (χ2n) is 4.44. The van der Waals surface area contributed by atoms with Crippen molar-refractivity contribution < 1.29 is 0 Å². The van der Waals surface area contributed by atoms with Gasteiger partial charge in [-0.25, -0.2) is 0 Å². The van der Waals surface area contributed by atoms with Crippen LogP contribution in [-0.2, 0) is 0 Å². The fourth-order valence-corrected chi connectivity index (χ4v) is 4.14. The van der Waals surface area contributed by atoms with Crippen molar-refractivity contribution in [2.45, 2.75) is 25.7 Å². The predicted molar refractivity (Wildman–Crippen MR) is 69.5 cm³/mol. The molecule has 0 aromatic carbocycles. The van der Waals surface area contributed by atoms with Crippen molar-refractivity contribution in [2.75, 3.05) is 19.5 Å². The van der Waals surface area contributed by atoms with E-state index in [0.717, 1.165) is 0 Å². The second kappa shape index (κ2) is 5.51. The number of hydrogen-bond acceptors (Lipinski definition) is 0. The van der Waals surface area contributed by atoms with Crippen molar-refractivity contribution in [3.63, 3.8) is 0 Å². The first-order valence-electron chi connectivity index (χ1n) is 5.45. The van der Waals surface area contributed by atoms with E-state index in [1.807, 2.05) is 0 Å². The molecule has 0 fully saturated rings. The zero-order chi connectivity index (χ0) is 10.4. The van der Waals surface area contributed by atoms with Crippen molar-refractivity contribution in [3.05, 3.63) is 36.2 Å². The highest BCUT2D eigenvalue weighted by atomic mass is 31.2. The third kappa shape index (κ3) is 3.42. The SMILES string of the molecule is C=CC[P+](C)(C)C1=CCCC=CCC1. The van der Waals surface area contributed by atoms with Crippen LogP contribution in [0, 0.1) is 0 Å². The molecule has 0 bridgehead atoms. The molecule has 0 radical (unpaired) electrons. The quantitative estimate of drug-likeness (QED) is 0.475. The van der Waals surface area contributed by atoms with Crippen LogP contribution >= 0.6 is 7.26 Å². The molecule has 0 aromatic rings. The first kappa shape index (κ1) is 11.7. The molecule has 0 N–H and O–H groups in total. The topological polar surface area (TPSA) is 0 Å². The smallest absolute Gasteiger partial charge is 0.0809 e. The van der Waals surface area contributed by atoms with Crippen LogP contribution in [0.5, 0.6) is 0 Å². The van der Waals surface area contributed by atoms with E-state index in [1.165, 1.54) is 31.8 Å². The average Bonchev–Trinajstić information content (AvgIpc) is 2.01. The second-order valence-corrected chi connectivity index (χ2v) is 8.75. The average molecular weight is 209 g/mol. The molecule has 1 heteroatoms. The van der Waals surface area contributed by atoms with Gasteiger partial charge < -0.3 is 0 Å². The van der Waals surface area contributed by atoms with Crippen LogP contribution in [0.4, 0.5) is 0 Å². The van der Waals surface area contributed by atoms with E-state index in [4.69, 9.17) is 0 Å². The van der Waals surface area contributed by atoms with E-state index < -0.39 is 7.26 Å². The summed E-state index contributed by atoms with van der Waals surface area (Å²) in [6, 6.07) is 0. The number of hydrogen-bond donors (Lipinski definition) is 0. The van der Waals surface area contributed by atoms with Gasteiger partial charge in [-0.1, -0.05) is 24.8 Å². The Morgan fingerprint density at radius 1 is 1.29 bits per heavy atom. The monoisotopic (exact) mass is 209 g/mol. The van der Waals surface area contributed by atoms with Gasteiger partial charge in [0.2, 0.25) is 0 Å².